The van der Waals surface area contributed by atoms with Gasteiger partial charge >= 0.3 is 0 Å². The number of rotatable bonds is 4. The molecule has 0 atom stereocenters. The van der Waals surface area contributed by atoms with Crippen molar-refractivity contribution in [3.05, 3.63) is 30.1 Å². The molecule has 3 rings (SSSR count). The molecular weight excluding hydrogens is 448 g/mol. The first-order chi connectivity index (χ1) is 12.0. The number of anilines is 1. The zero-order valence-electron chi connectivity index (χ0n) is 15.3. The lowest BCUT2D eigenvalue weighted by Crippen LogP contribution is -2.53. The summed E-state index contributed by atoms with van der Waals surface area (Å²) in [6.45, 7) is 3.11. The van der Waals surface area contributed by atoms with E-state index in [0.29, 0.717) is 11.7 Å². The van der Waals surface area contributed by atoms with Gasteiger partial charge in [-0.25, -0.2) is 9.38 Å². The van der Waals surface area contributed by atoms with Crippen LogP contribution in [0.5, 0.6) is 0 Å². The number of hydrogen-bond acceptors (Lipinski definition) is 3. The van der Waals surface area contributed by atoms with Crippen LogP contribution < -0.4 is 10.2 Å². The minimum Gasteiger partial charge on any atom is -0.366 e. The Labute approximate surface area is 171 Å². The number of aliphatic imine (C=N–C) groups is 1. The highest BCUT2D eigenvalue weighted by atomic mass is 127. The van der Waals surface area contributed by atoms with Gasteiger partial charge < -0.3 is 20.0 Å². The molecule has 1 aliphatic heterocycles. The van der Waals surface area contributed by atoms with Crippen LogP contribution in [0.1, 0.15) is 12.8 Å². The topological polar surface area (TPSA) is 51.2 Å². The molecule has 2 aliphatic rings. The zero-order chi connectivity index (χ0) is 17.8. The van der Waals surface area contributed by atoms with Gasteiger partial charge in [0, 0.05) is 46.3 Å². The van der Waals surface area contributed by atoms with Gasteiger partial charge in [-0.2, -0.15) is 0 Å². The lowest BCUT2D eigenvalue weighted by Gasteiger charge is -2.38. The normalized spacial score (nSPS) is 17.6. The van der Waals surface area contributed by atoms with E-state index >= 15 is 0 Å². The average Bonchev–Trinajstić information content (AvgIpc) is 3.43. The molecule has 8 heteroatoms. The molecule has 1 amide bonds. The largest absolute Gasteiger partial charge is 0.366 e. The Hall–Kier alpha value is -1.58. The van der Waals surface area contributed by atoms with E-state index in [-0.39, 0.29) is 42.2 Å². The predicted octanol–water partition coefficient (Wildman–Crippen LogP) is 1.76. The van der Waals surface area contributed by atoms with Crippen molar-refractivity contribution in [2.45, 2.75) is 18.9 Å². The van der Waals surface area contributed by atoms with Crippen LogP contribution in [-0.2, 0) is 4.79 Å². The number of guanidine groups is 1. The molecule has 26 heavy (non-hydrogen) atoms. The standard InChI is InChI=1S/C18H26FN5O.HI/c1-22(2)17(25)13-20-18(21-14-7-8-14)24-11-9-23(10-12-24)16-6-4-3-5-15(16)19;/h3-6,14H,7-13H2,1-2H3,(H,20,21);1H. The number of likely N-dealkylation sites (N-methyl/N-ethyl adjacent to an activating group) is 1. The van der Waals surface area contributed by atoms with E-state index in [1.165, 1.54) is 6.07 Å². The van der Waals surface area contributed by atoms with Gasteiger partial charge in [0.15, 0.2) is 5.96 Å². The SMILES string of the molecule is CN(C)C(=O)CN=C(NC1CC1)N1CCN(c2ccccc2F)CC1.I. The van der Waals surface area contributed by atoms with Crippen molar-refractivity contribution in [3.8, 4) is 0 Å². The molecule has 0 radical (unpaired) electrons. The van der Waals surface area contributed by atoms with Crippen LogP contribution in [-0.4, -0.2) is 74.5 Å². The fraction of sp³-hybridized carbons (Fsp3) is 0.556. The second-order valence-corrected chi connectivity index (χ2v) is 6.77. The van der Waals surface area contributed by atoms with E-state index in [1.807, 2.05) is 12.1 Å². The maximum atomic E-state index is 14.0. The fourth-order valence-electron chi connectivity index (χ4n) is 2.80. The quantitative estimate of drug-likeness (QED) is 0.410. The summed E-state index contributed by atoms with van der Waals surface area (Å²) < 4.78 is 14.0. The molecule has 144 valence electrons. The van der Waals surface area contributed by atoms with E-state index in [4.69, 9.17) is 0 Å². The number of carbonyl (C=O) groups excluding carboxylic acids is 1. The van der Waals surface area contributed by atoms with Gasteiger partial charge in [-0.1, -0.05) is 12.1 Å². The van der Waals surface area contributed by atoms with Crippen LogP contribution in [0.25, 0.3) is 0 Å². The minimum atomic E-state index is -0.183. The summed E-state index contributed by atoms with van der Waals surface area (Å²) in [5, 5.41) is 3.43. The van der Waals surface area contributed by atoms with Crippen molar-refractivity contribution in [2.75, 3.05) is 51.7 Å². The molecule has 1 saturated heterocycles. The molecule has 1 aromatic carbocycles. The summed E-state index contributed by atoms with van der Waals surface area (Å²) in [5.74, 6) is 0.600. The van der Waals surface area contributed by atoms with Gasteiger partial charge in [0.1, 0.15) is 12.4 Å². The summed E-state index contributed by atoms with van der Waals surface area (Å²) in [4.78, 5) is 22.1. The molecule has 0 spiro atoms. The molecule has 1 aliphatic carbocycles. The van der Waals surface area contributed by atoms with Crippen molar-refractivity contribution in [1.29, 1.82) is 0 Å². The van der Waals surface area contributed by atoms with E-state index in [0.717, 1.165) is 45.0 Å². The van der Waals surface area contributed by atoms with Crippen LogP contribution in [0.2, 0.25) is 0 Å². The number of benzene rings is 1. The first kappa shape index (κ1) is 20.7. The Bertz CT molecular complexity index is 642. The van der Waals surface area contributed by atoms with Gasteiger partial charge in [0.2, 0.25) is 5.91 Å². The zero-order valence-corrected chi connectivity index (χ0v) is 17.7. The summed E-state index contributed by atoms with van der Waals surface area (Å²) in [6, 6.07) is 7.35. The number of piperazine rings is 1. The Morgan fingerprint density at radius 2 is 1.88 bits per heavy atom. The Morgan fingerprint density at radius 3 is 2.46 bits per heavy atom. The number of carbonyl (C=O) groups is 1. The summed E-state index contributed by atoms with van der Waals surface area (Å²) in [6.07, 6.45) is 2.30. The van der Waals surface area contributed by atoms with Crippen LogP contribution in [0.15, 0.2) is 29.3 Å². The minimum absolute atomic E-state index is 0. The lowest BCUT2D eigenvalue weighted by molar-refractivity contribution is -0.127. The number of nitrogens with one attached hydrogen (secondary N) is 1. The van der Waals surface area contributed by atoms with Crippen molar-refractivity contribution < 1.29 is 9.18 Å². The number of halogens is 2. The maximum absolute atomic E-state index is 14.0. The lowest BCUT2D eigenvalue weighted by atomic mass is 10.2. The third-order valence-electron chi connectivity index (χ3n) is 4.55. The molecule has 6 nitrogen and oxygen atoms in total. The third-order valence-corrected chi connectivity index (χ3v) is 4.55. The van der Waals surface area contributed by atoms with Crippen LogP contribution in [0.4, 0.5) is 10.1 Å². The second-order valence-electron chi connectivity index (χ2n) is 6.77. The van der Waals surface area contributed by atoms with E-state index in [9.17, 15) is 9.18 Å². The van der Waals surface area contributed by atoms with E-state index in [2.05, 4.69) is 20.1 Å². The van der Waals surface area contributed by atoms with Crippen LogP contribution in [0, 0.1) is 5.82 Å². The highest BCUT2D eigenvalue weighted by Gasteiger charge is 2.27. The molecule has 1 saturated carbocycles. The van der Waals surface area contributed by atoms with Gasteiger partial charge in [0.05, 0.1) is 5.69 Å². The molecule has 1 heterocycles. The molecule has 0 bridgehead atoms. The van der Waals surface area contributed by atoms with Crippen molar-refractivity contribution in [1.82, 2.24) is 15.1 Å². The summed E-state index contributed by atoms with van der Waals surface area (Å²) >= 11 is 0. The molecule has 0 unspecified atom stereocenters. The highest BCUT2D eigenvalue weighted by molar-refractivity contribution is 14.0. The molecule has 1 aromatic rings. The molecule has 2 fully saturated rings. The number of amides is 1. The Kier molecular flexibility index (Phi) is 7.48. The van der Waals surface area contributed by atoms with Crippen molar-refractivity contribution in [3.63, 3.8) is 0 Å². The maximum Gasteiger partial charge on any atom is 0.243 e. The predicted molar refractivity (Wildman–Crippen MR) is 113 cm³/mol. The summed E-state index contributed by atoms with van der Waals surface area (Å²) in [7, 11) is 3.47. The molecular formula is C18H27FIN5O. The van der Waals surface area contributed by atoms with E-state index in [1.54, 1.807) is 25.1 Å². The van der Waals surface area contributed by atoms with Gasteiger partial charge in [-0.3, -0.25) is 4.79 Å². The first-order valence-corrected chi connectivity index (χ1v) is 8.80. The fourth-order valence-corrected chi connectivity index (χ4v) is 2.80. The van der Waals surface area contributed by atoms with Gasteiger partial charge in [-0.15, -0.1) is 24.0 Å². The summed E-state index contributed by atoms with van der Waals surface area (Å²) in [5.41, 5.74) is 0.651. The Balaban J connectivity index is 0.00000243. The number of hydrogen-bond donors (Lipinski definition) is 1. The second kappa shape index (κ2) is 9.38. The number of para-hydroxylation sites is 1. The van der Waals surface area contributed by atoms with Crippen molar-refractivity contribution >= 4 is 41.5 Å². The van der Waals surface area contributed by atoms with E-state index < -0.39 is 0 Å². The van der Waals surface area contributed by atoms with Crippen molar-refractivity contribution in [2.24, 2.45) is 4.99 Å². The Morgan fingerprint density at radius 1 is 1.23 bits per heavy atom. The van der Waals surface area contributed by atoms with Gasteiger partial charge in [0.25, 0.3) is 0 Å². The number of nitrogens with zero attached hydrogens (tertiary/aromatic N) is 4. The molecule has 1 N–H and O–H groups in total. The molecule has 0 aromatic heterocycles. The van der Waals surface area contributed by atoms with Crippen LogP contribution in [0.3, 0.4) is 0 Å². The smallest absolute Gasteiger partial charge is 0.243 e. The van der Waals surface area contributed by atoms with Gasteiger partial charge in [-0.05, 0) is 25.0 Å². The third kappa shape index (κ3) is 5.46. The average molecular weight is 475 g/mol. The van der Waals surface area contributed by atoms with Crippen LogP contribution >= 0.6 is 24.0 Å². The first-order valence-electron chi connectivity index (χ1n) is 8.80. The highest BCUT2D eigenvalue weighted by Crippen LogP contribution is 2.22. The monoisotopic (exact) mass is 475 g/mol.